The number of carbonyl (C=O) groups is 1. The summed E-state index contributed by atoms with van der Waals surface area (Å²) in [5.74, 6) is -0.561. The molecule has 1 amide bonds. The molecule has 3 aliphatic heterocycles. The Labute approximate surface area is 210 Å². The lowest BCUT2D eigenvalue weighted by Crippen LogP contribution is -2.62. The number of rotatable bonds is 6. The first-order valence-corrected chi connectivity index (χ1v) is 14.2. The fourth-order valence-corrected chi connectivity index (χ4v) is 6.92. The molecular formula is C25H47ClN6O2. The Morgan fingerprint density at radius 3 is 2.50 bits per heavy atom. The van der Waals surface area contributed by atoms with Crippen LogP contribution in [0.3, 0.4) is 0 Å². The number of hydrogen-bond acceptors (Lipinski definition) is 7. The summed E-state index contributed by atoms with van der Waals surface area (Å²) in [6.45, 7) is 4.23. The second kappa shape index (κ2) is 12.7. The molecule has 1 aliphatic carbocycles. The lowest BCUT2D eigenvalue weighted by Gasteiger charge is -2.45. The van der Waals surface area contributed by atoms with E-state index in [0.717, 1.165) is 58.2 Å². The van der Waals surface area contributed by atoms with Crippen molar-refractivity contribution >= 4 is 17.5 Å². The average molecular weight is 499 g/mol. The number of nitrogens with two attached hydrogens (primary N) is 2. The molecule has 34 heavy (non-hydrogen) atoms. The third-order valence-electron chi connectivity index (χ3n) is 8.67. The fourth-order valence-electron chi connectivity index (χ4n) is 6.72. The van der Waals surface area contributed by atoms with Crippen LogP contribution in [0, 0.1) is 11.3 Å². The number of alkyl halides is 1. The lowest BCUT2D eigenvalue weighted by molar-refractivity contribution is -0.130. The van der Waals surface area contributed by atoms with Crippen LogP contribution in [0.1, 0.15) is 70.6 Å². The van der Waals surface area contributed by atoms with Crippen molar-refractivity contribution in [3.63, 3.8) is 0 Å². The number of ether oxygens (including phenoxy) is 1. The van der Waals surface area contributed by atoms with Gasteiger partial charge >= 0.3 is 0 Å². The van der Waals surface area contributed by atoms with Crippen LogP contribution in [0.25, 0.3) is 0 Å². The summed E-state index contributed by atoms with van der Waals surface area (Å²) < 4.78 is 6.46. The van der Waals surface area contributed by atoms with Crippen molar-refractivity contribution in [3.05, 3.63) is 0 Å². The maximum atomic E-state index is 13.7. The van der Waals surface area contributed by atoms with Gasteiger partial charge in [0.15, 0.2) is 0 Å². The van der Waals surface area contributed by atoms with Gasteiger partial charge in [-0.25, -0.2) is 0 Å². The predicted octanol–water partition coefficient (Wildman–Crippen LogP) is 1.16. The molecule has 1 spiro atoms. The van der Waals surface area contributed by atoms with Gasteiger partial charge in [0, 0.05) is 31.1 Å². The minimum atomic E-state index is -0.732. The van der Waals surface area contributed by atoms with Crippen LogP contribution in [-0.2, 0) is 9.53 Å². The van der Waals surface area contributed by atoms with Crippen LogP contribution in [0.2, 0.25) is 0 Å². The van der Waals surface area contributed by atoms with Crippen molar-refractivity contribution in [2.75, 3.05) is 32.7 Å². The first kappa shape index (κ1) is 26.6. The Morgan fingerprint density at radius 2 is 1.76 bits per heavy atom. The molecule has 1 saturated carbocycles. The molecule has 0 radical (unpaired) electrons. The molecule has 4 aliphatic rings. The van der Waals surface area contributed by atoms with E-state index in [1.807, 2.05) is 0 Å². The molecule has 9 heteroatoms. The molecule has 6 atom stereocenters. The largest absolute Gasteiger partial charge is 0.371 e. The molecule has 0 bridgehead atoms. The first-order valence-electron chi connectivity index (χ1n) is 13.7. The summed E-state index contributed by atoms with van der Waals surface area (Å²) in [6.07, 6.45) is 11.9. The van der Waals surface area contributed by atoms with Gasteiger partial charge < -0.3 is 37.5 Å². The Kier molecular flexibility index (Phi) is 9.90. The van der Waals surface area contributed by atoms with Crippen molar-refractivity contribution in [2.24, 2.45) is 22.8 Å². The van der Waals surface area contributed by atoms with Crippen molar-refractivity contribution in [1.82, 2.24) is 21.3 Å². The Morgan fingerprint density at radius 1 is 0.971 bits per heavy atom. The van der Waals surface area contributed by atoms with Crippen molar-refractivity contribution in [2.45, 2.75) is 106 Å². The minimum absolute atomic E-state index is 0.00644. The number of carbonyl (C=O) groups excluding carboxylic acids is 1. The molecule has 196 valence electrons. The van der Waals surface area contributed by atoms with E-state index >= 15 is 0 Å². The van der Waals surface area contributed by atoms with Gasteiger partial charge in [-0.05, 0) is 69.9 Å². The van der Waals surface area contributed by atoms with Gasteiger partial charge in [0.25, 0.3) is 0 Å². The van der Waals surface area contributed by atoms with Gasteiger partial charge in [-0.2, -0.15) is 0 Å². The van der Waals surface area contributed by atoms with Crippen LogP contribution in [0.15, 0.2) is 0 Å². The molecule has 0 aromatic rings. The van der Waals surface area contributed by atoms with Gasteiger partial charge in [0.2, 0.25) is 5.91 Å². The molecule has 5 unspecified atom stereocenters. The molecule has 8 nitrogen and oxygen atoms in total. The molecule has 0 aromatic carbocycles. The number of amides is 1. The number of nitrogens with one attached hydrogen (secondary N) is 4. The summed E-state index contributed by atoms with van der Waals surface area (Å²) in [5.41, 5.74) is 12.8. The molecule has 3 saturated heterocycles. The van der Waals surface area contributed by atoms with Crippen molar-refractivity contribution < 1.29 is 9.53 Å². The summed E-state index contributed by atoms with van der Waals surface area (Å²) in [7, 11) is 0. The fraction of sp³-hybridized carbons (Fsp3) is 0.960. The Hall–Kier alpha value is -0.480. The molecule has 4 fully saturated rings. The highest BCUT2D eigenvalue weighted by molar-refractivity contribution is 6.20. The maximum absolute atomic E-state index is 13.7. The SMILES string of the molecule is NC(N)C(C(=O)NC1CNCCC1O[C@@H]1CCCNC1)C1CC2(CCCCC2)CCC(Cl)CN1. The zero-order valence-electron chi connectivity index (χ0n) is 20.7. The topological polar surface area (TPSA) is 126 Å². The summed E-state index contributed by atoms with van der Waals surface area (Å²) in [6, 6.07) is -0.152. The monoisotopic (exact) mass is 498 g/mol. The molecule has 8 N–H and O–H groups in total. The van der Waals surface area contributed by atoms with E-state index in [0.29, 0.717) is 13.1 Å². The number of hydrogen-bond donors (Lipinski definition) is 6. The highest BCUT2D eigenvalue weighted by Crippen LogP contribution is 2.46. The van der Waals surface area contributed by atoms with Crippen molar-refractivity contribution in [3.8, 4) is 0 Å². The number of piperidine rings is 2. The van der Waals surface area contributed by atoms with Crippen LogP contribution < -0.4 is 32.7 Å². The lowest BCUT2D eigenvalue weighted by atomic mass is 9.65. The molecule has 0 aromatic heterocycles. The van der Waals surface area contributed by atoms with Gasteiger partial charge in [-0.3, -0.25) is 4.79 Å². The standard InChI is InChI=1S/C25H47ClN6O2/c26-17-6-10-25(8-2-1-3-9-25)13-19(31-14-17)22(23(27)28)24(33)32-20-16-30-12-7-21(20)34-18-5-4-11-29-15-18/h17-23,29-31H,1-16,27-28H2,(H,32,33)/t17?,18-,19?,20?,21?,22?/m1/s1. The third kappa shape index (κ3) is 7.05. The van der Waals surface area contributed by atoms with Crippen LogP contribution in [0.5, 0.6) is 0 Å². The van der Waals surface area contributed by atoms with E-state index in [9.17, 15) is 4.79 Å². The highest BCUT2D eigenvalue weighted by atomic mass is 35.5. The summed E-state index contributed by atoms with van der Waals surface area (Å²) >= 11 is 6.64. The minimum Gasteiger partial charge on any atom is -0.371 e. The van der Waals surface area contributed by atoms with E-state index in [2.05, 4.69) is 21.3 Å². The predicted molar refractivity (Wildman–Crippen MR) is 137 cm³/mol. The maximum Gasteiger partial charge on any atom is 0.227 e. The third-order valence-corrected chi connectivity index (χ3v) is 9.05. The van der Waals surface area contributed by atoms with Gasteiger partial charge in [0.1, 0.15) is 0 Å². The average Bonchev–Trinajstić information content (AvgIpc) is 2.83. The Balaban J connectivity index is 1.44. The quantitative estimate of drug-likeness (QED) is 0.239. The molecular weight excluding hydrogens is 452 g/mol. The summed E-state index contributed by atoms with van der Waals surface area (Å²) in [4.78, 5) is 13.7. The normalized spacial score (nSPS) is 35.9. The Bertz CT molecular complexity index is 641. The van der Waals surface area contributed by atoms with E-state index < -0.39 is 12.1 Å². The van der Waals surface area contributed by atoms with E-state index in [4.69, 9.17) is 27.8 Å². The summed E-state index contributed by atoms with van der Waals surface area (Å²) in [5, 5.41) is 13.8. The molecule has 3 heterocycles. The van der Waals surface area contributed by atoms with Crippen LogP contribution in [0.4, 0.5) is 0 Å². The van der Waals surface area contributed by atoms with Gasteiger partial charge in [-0.1, -0.05) is 19.3 Å². The van der Waals surface area contributed by atoms with E-state index in [1.54, 1.807) is 0 Å². The first-order chi connectivity index (χ1) is 16.5. The van der Waals surface area contributed by atoms with E-state index in [-0.39, 0.29) is 41.0 Å². The van der Waals surface area contributed by atoms with Crippen molar-refractivity contribution in [1.29, 1.82) is 0 Å². The second-order valence-corrected chi connectivity index (χ2v) is 11.9. The zero-order valence-corrected chi connectivity index (χ0v) is 21.5. The second-order valence-electron chi connectivity index (χ2n) is 11.3. The van der Waals surface area contributed by atoms with Crippen LogP contribution in [-0.4, -0.2) is 74.5 Å². The number of halogens is 1. The zero-order chi connectivity index (χ0) is 24.0. The van der Waals surface area contributed by atoms with Crippen LogP contribution >= 0.6 is 11.6 Å². The highest BCUT2D eigenvalue weighted by Gasteiger charge is 2.42. The smallest absolute Gasteiger partial charge is 0.227 e. The molecule has 4 rings (SSSR count). The van der Waals surface area contributed by atoms with Gasteiger partial charge in [0.05, 0.1) is 30.3 Å². The van der Waals surface area contributed by atoms with E-state index in [1.165, 1.54) is 32.1 Å². The van der Waals surface area contributed by atoms with Gasteiger partial charge in [-0.15, -0.1) is 11.6 Å².